The molecule has 1 aliphatic rings. The van der Waals surface area contributed by atoms with E-state index in [4.69, 9.17) is 15.2 Å². The Morgan fingerprint density at radius 2 is 1.97 bits per heavy atom. The van der Waals surface area contributed by atoms with Gasteiger partial charge in [0.05, 0.1) is 13.2 Å². The summed E-state index contributed by atoms with van der Waals surface area (Å²) in [5.74, 6) is 0.913. The van der Waals surface area contributed by atoms with Crippen molar-refractivity contribution in [3.8, 4) is 26.9 Å². The molecule has 0 spiro atoms. The molecule has 0 aliphatic heterocycles. The summed E-state index contributed by atoms with van der Waals surface area (Å²) in [6.45, 7) is 6.05. The van der Waals surface area contributed by atoms with Gasteiger partial charge in [-0.2, -0.15) is 0 Å². The highest BCUT2D eigenvalue weighted by molar-refractivity contribution is 7.17. The Hall–Kier alpha value is -2.28. The third-order valence-corrected chi connectivity index (χ3v) is 6.31. The summed E-state index contributed by atoms with van der Waals surface area (Å²) in [5.41, 5.74) is 12.2. The molecule has 1 atom stereocenters. The van der Waals surface area contributed by atoms with E-state index >= 15 is 0 Å². The zero-order chi connectivity index (χ0) is 20.2. The number of hydrogen-bond acceptors (Lipinski definition) is 6. The van der Waals surface area contributed by atoms with Crippen LogP contribution in [0.2, 0.25) is 0 Å². The van der Waals surface area contributed by atoms with Crippen LogP contribution in [0.1, 0.15) is 43.0 Å². The van der Waals surface area contributed by atoms with Crippen molar-refractivity contribution in [3.05, 3.63) is 53.1 Å². The van der Waals surface area contributed by atoms with E-state index in [-0.39, 0.29) is 6.04 Å². The van der Waals surface area contributed by atoms with Gasteiger partial charge in [0.15, 0.2) is 0 Å². The van der Waals surface area contributed by atoms with E-state index in [2.05, 4.69) is 40.5 Å². The molecular weight excluding hydrogens is 382 g/mol. The van der Waals surface area contributed by atoms with Crippen molar-refractivity contribution in [2.24, 2.45) is 5.73 Å². The lowest BCUT2D eigenvalue weighted by atomic mass is 10.0. The topological polar surface area (TPSA) is 70.3 Å². The summed E-state index contributed by atoms with van der Waals surface area (Å²) in [4.78, 5) is 0. The van der Waals surface area contributed by atoms with Crippen LogP contribution in [0, 0.1) is 0 Å². The fraction of sp³-hybridized carbons (Fsp3) is 0.391. The van der Waals surface area contributed by atoms with Gasteiger partial charge in [-0.15, -0.1) is 10.2 Å². The minimum Gasteiger partial charge on any atom is -0.494 e. The summed E-state index contributed by atoms with van der Waals surface area (Å²) >= 11 is 1.63. The second-order valence-electron chi connectivity index (χ2n) is 7.13. The molecule has 4 rings (SSSR count). The molecule has 2 N–H and O–H groups in total. The molecule has 1 heterocycles. The normalized spacial score (nSPS) is 15.5. The lowest BCUT2D eigenvalue weighted by Crippen LogP contribution is -2.04. The molecule has 29 heavy (non-hydrogen) atoms. The monoisotopic (exact) mass is 409 g/mol. The first kappa shape index (κ1) is 20.0. The van der Waals surface area contributed by atoms with Crippen molar-refractivity contribution in [1.82, 2.24) is 10.2 Å². The Morgan fingerprint density at radius 1 is 1.10 bits per heavy atom. The number of rotatable bonds is 8. The van der Waals surface area contributed by atoms with E-state index in [9.17, 15) is 0 Å². The predicted octanol–water partition coefficient (Wildman–Crippen LogP) is 4.80. The summed E-state index contributed by atoms with van der Waals surface area (Å²) < 4.78 is 11.3. The van der Waals surface area contributed by atoms with Crippen molar-refractivity contribution >= 4 is 11.3 Å². The average Bonchev–Trinajstić information content (AvgIpc) is 3.37. The van der Waals surface area contributed by atoms with Crippen LogP contribution in [0.15, 0.2) is 36.4 Å². The highest BCUT2D eigenvalue weighted by Gasteiger charge is 2.23. The first-order valence-corrected chi connectivity index (χ1v) is 11.1. The van der Waals surface area contributed by atoms with Gasteiger partial charge in [-0.3, -0.25) is 0 Å². The van der Waals surface area contributed by atoms with Crippen LogP contribution in [-0.4, -0.2) is 30.0 Å². The van der Waals surface area contributed by atoms with E-state index < -0.39 is 0 Å². The molecule has 1 aromatic heterocycles. The molecule has 5 nitrogen and oxygen atoms in total. The molecule has 0 fully saturated rings. The van der Waals surface area contributed by atoms with Gasteiger partial charge in [-0.05, 0) is 68.0 Å². The molecule has 3 aromatic rings. The molecule has 0 saturated heterocycles. The van der Waals surface area contributed by atoms with E-state index in [0.29, 0.717) is 19.8 Å². The second-order valence-corrected chi connectivity index (χ2v) is 8.11. The molecule has 6 heteroatoms. The Labute approximate surface area is 175 Å². The first-order chi connectivity index (χ1) is 14.2. The third kappa shape index (κ3) is 4.20. The molecule has 2 aromatic carbocycles. The summed E-state index contributed by atoms with van der Waals surface area (Å²) in [5, 5.41) is 10.9. The zero-order valence-corrected chi connectivity index (χ0v) is 17.8. The lowest BCUT2D eigenvalue weighted by molar-refractivity contribution is 0.150. The standard InChI is InChI=1S/C23H27N3O2S/c1-3-27-13-12-15-14-16(8-11-21(15)28-4-2)22-25-26-23(29-22)19-7-5-6-18-17(19)9-10-20(18)24/h5-8,11,14,20H,3-4,9-10,12-13,24H2,1-2H3. The maximum atomic E-state index is 6.24. The lowest BCUT2D eigenvalue weighted by Gasteiger charge is -2.11. The van der Waals surface area contributed by atoms with E-state index in [1.54, 1.807) is 11.3 Å². The highest BCUT2D eigenvalue weighted by atomic mass is 32.1. The molecule has 1 aliphatic carbocycles. The van der Waals surface area contributed by atoms with Gasteiger partial charge in [0, 0.05) is 23.8 Å². The average molecular weight is 410 g/mol. The van der Waals surface area contributed by atoms with Gasteiger partial charge in [0.2, 0.25) is 0 Å². The summed E-state index contributed by atoms with van der Waals surface area (Å²) in [6.07, 6.45) is 2.82. The fourth-order valence-corrected chi connectivity index (χ4v) is 4.76. The Morgan fingerprint density at radius 3 is 2.79 bits per heavy atom. The van der Waals surface area contributed by atoms with Gasteiger partial charge < -0.3 is 15.2 Å². The quantitative estimate of drug-likeness (QED) is 0.541. The van der Waals surface area contributed by atoms with E-state index in [0.717, 1.165) is 46.2 Å². The van der Waals surface area contributed by atoms with Crippen LogP contribution >= 0.6 is 11.3 Å². The minimum absolute atomic E-state index is 0.136. The molecule has 1 unspecified atom stereocenters. The Bertz CT molecular complexity index is 986. The maximum absolute atomic E-state index is 6.24. The van der Waals surface area contributed by atoms with Gasteiger partial charge in [-0.25, -0.2) is 0 Å². The first-order valence-electron chi connectivity index (χ1n) is 10.3. The molecule has 152 valence electrons. The van der Waals surface area contributed by atoms with Crippen molar-refractivity contribution in [2.75, 3.05) is 19.8 Å². The van der Waals surface area contributed by atoms with E-state index in [1.165, 1.54) is 16.7 Å². The SMILES string of the molecule is CCOCCc1cc(-c2nnc(-c3cccc4c3CCC4N)s2)ccc1OCC. The summed E-state index contributed by atoms with van der Waals surface area (Å²) in [7, 11) is 0. The third-order valence-electron chi connectivity index (χ3n) is 5.30. The van der Waals surface area contributed by atoms with Crippen LogP contribution in [0.4, 0.5) is 0 Å². The van der Waals surface area contributed by atoms with Crippen LogP contribution in [0.3, 0.4) is 0 Å². The molecule has 0 bridgehead atoms. The zero-order valence-electron chi connectivity index (χ0n) is 17.0. The van der Waals surface area contributed by atoms with Gasteiger partial charge in [0.1, 0.15) is 15.8 Å². The van der Waals surface area contributed by atoms with E-state index in [1.807, 2.05) is 19.9 Å². The smallest absolute Gasteiger partial charge is 0.148 e. The largest absolute Gasteiger partial charge is 0.494 e. The van der Waals surface area contributed by atoms with Crippen molar-refractivity contribution < 1.29 is 9.47 Å². The molecular formula is C23H27N3O2S. The van der Waals surface area contributed by atoms with Gasteiger partial charge in [-0.1, -0.05) is 29.5 Å². The van der Waals surface area contributed by atoms with Crippen LogP contribution in [0.5, 0.6) is 5.75 Å². The van der Waals surface area contributed by atoms with Crippen LogP contribution in [0.25, 0.3) is 21.1 Å². The number of aromatic nitrogens is 2. The molecule has 0 amide bonds. The molecule has 0 radical (unpaired) electrons. The van der Waals surface area contributed by atoms with Crippen LogP contribution < -0.4 is 10.5 Å². The second kappa shape index (κ2) is 9.03. The number of nitrogens with two attached hydrogens (primary N) is 1. The number of hydrogen-bond donors (Lipinski definition) is 1. The van der Waals surface area contributed by atoms with Crippen molar-refractivity contribution in [1.29, 1.82) is 0 Å². The number of fused-ring (bicyclic) bond motifs is 1. The minimum atomic E-state index is 0.136. The number of ether oxygens (including phenoxy) is 2. The maximum Gasteiger partial charge on any atom is 0.148 e. The highest BCUT2D eigenvalue weighted by Crippen LogP contribution is 2.39. The van der Waals surface area contributed by atoms with Crippen LogP contribution in [-0.2, 0) is 17.6 Å². The summed E-state index contributed by atoms with van der Waals surface area (Å²) in [6, 6.07) is 12.7. The predicted molar refractivity (Wildman–Crippen MR) is 117 cm³/mol. The number of nitrogens with zero attached hydrogens (tertiary/aromatic N) is 2. The Kier molecular flexibility index (Phi) is 6.23. The fourth-order valence-electron chi connectivity index (χ4n) is 3.87. The Balaban J connectivity index is 1.64. The van der Waals surface area contributed by atoms with Crippen molar-refractivity contribution in [2.45, 2.75) is 39.2 Å². The van der Waals surface area contributed by atoms with Gasteiger partial charge >= 0.3 is 0 Å². The number of benzene rings is 2. The van der Waals surface area contributed by atoms with Gasteiger partial charge in [0.25, 0.3) is 0 Å². The van der Waals surface area contributed by atoms with Crippen molar-refractivity contribution in [3.63, 3.8) is 0 Å². The molecule has 0 saturated carbocycles.